The Kier molecular flexibility index (Phi) is 4.75. The molecule has 1 N–H and O–H groups in total. The minimum absolute atomic E-state index is 0.000292. The molecule has 5 rings (SSSR count). The summed E-state index contributed by atoms with van der Waals surface area (Å²) in [5.74, 6) is 0.228. The van der Waals surface area contributed by atoms with E-state index in [1.807, 2.05) is 30.1 Å². The van der Waals surface area contributed by atoms with Crippen molar-refractivity contribution in [1.82, 2.24) is 9.88 Å². The third kappa shape index (κ3) is 2.97. The van der Waals surface area contributed by atoms with E-state index < -0.39 is 0 Å². The highest BCUT2D eigenvalue weighted by Crippen LogP contribution is 2.49. The van der Waals surface area contributed by atoms with E-state index in [2.05, 4.69) is 40.2 Å². The number of pyridine rings is 1. The molecule has 2 aliphatic heterocycles. The van der Waals surface area contributed by atoms with E-state index in [0.717, 1.165) is 28.8 Å². The van der Waals surface area contributed by atoms with Crippen LogP contribution in [-0.4, -0.2) is 47.1 Å². The first-order valence-corrected chi connectivity index (χ1v) is 10.4. The van der Waals surface area contributed by atoms with Gasteiger partial charge < -0.3 is 14.9 Å². The minimum atomic E-state index is -0.0438. The van der Waals surface area contributed by atoms with Crippen LogP contribution in [0, 0.1) is 5.92 Å². The number of fused-ring (bicyclic) bond motifs is 3. The van der Waals surface area contributed by atoms with Gasteiger partial charge in [0.05, 0.1) is 18.7 Å². The van der Waals surface area contributed by atoms with Gasteiger partial charge in [-0.05, 0) is 47.4 Å². The molecule has 3 atom stereocenters. The Bertz CT molecular complexity index is 1050. The number of likely N-dealkylation sites (tertiary alicyclic amines) is 1. The van der Waals surface area contributed by atoms with Gasteiger partial charge in [0.15, 0.2) is 0 Å². The standard InChI is InChI=1S/C25H25N3O2/c1-27-22-8-7-19(17-5-3-2-4-6-17)15-21(22)24-20(23(27)16-29)11-14-28(24)25(30)18-9-12-26-13-10-18/h2-10,12-13,15,20,23-24,29H,11,14,16H2,1H3/t20-,23+,24-/m0/s1. The van der Waals surface area contributed by atoms with Gasteiger partial charge in [-0.1, -0.05) is 36.4 Å². The van der Waals surface area contributed by atoms with Crippen molar-refractivity contribution in [2.24, 2.45) is 5.92 Å². The van der Waals surface area contributed by atoms with Gasteiger partial charge in [0.25, 0.3) is 5.91 Å². The second-order valence-electron chi connectivity index (χ2n) is 8.13. The monoisotopic (exact) mass is 399 g/mol. The summed E-state index contributed by atoms with van der Waals surface area (Å²) < 4.78 is 0. The van der Waals surface area contributed by atoms with Crippen LogP contribution < -0.4 is 4.90 Å². The predicted molar refractivity (Wildman–Crippen MR) is 117 cm³/mol. The van der Waals surface area contributed by atoms with Gasteiger partial charge in [-0.2, -0.15) is 0 Å². The number of hydrogen-bond donors (Lipinski definition) is 1. The van der Waals surface area contributed by atoms with Gasteiger partial charge in [-0.25, -0.2) is 0 Å². The molecule has 0 aliphatic carbocycles. The van der Waals surface area contributed by atoms with E-state index in [1.54, 1.807) is 24.5 Å². The summed E-state index contributed by atoms with van der Waals surface area (Å²) in [4.78, 5) is 21.6. The summed E-state index contributed by atoms with van der Waals surface area (Å²) >= 11 is 0. The number of aliphatic hydroxyl groups is 1. The molecule has 2 aliphatic rings. The third-order valence-corrected chi connectivity index (χ3v) is 6.64. The molecule has 152 valence electrons. The molecule has 5 heteroatoms. The SMILES string of the molecule is CN1c2ccc(-c3ccccc3)cc2[C@@H]2[C@@H](CCN2C(=O)c2ccncc2)[C@H]1CO. The van der Waals surface area contributed by atoms with Crippen molar-refractivity contribution >= 4 is 11.6 Å². The number of benzene rings is 2. The quantitative estimate of drug-likeness (QED) is 0.729. The molecule has 0 spiro atoms. The van der Waals surface area contributed by atoms with Crippen LogP contribution in [0.1, 0.15) is 28.4 Å². The minimum Gasteiger partial charge on any atom is -0.394 e. The van der Waals surface area contributed by atoms with Crippen molar-refractivity contribution in [1.29, 1.82) is 0 Å². The molecule has 1 fully saturated rings. The number of likely N-dealkylation sites (N-methyl/N-ethyl adjacent to an activating group) is 1. The summed E-state index contributed by atoms with van der Waals surface area (Å²) in [6.45, 7) is 0.769. The zero-order valence-electron chi connectivity index (χ0n) is 17.0. The average molecular weight is 399 g/mol. The lowest BCUT2D eigenvalue weighted by molar-refractivity contribution is 0.0694. The molecule has 0 saturated carbocycles. The number of hydrogen-bond acceptors (Lipinski definition) is 4. The lowest BCUT2D eigenvalue weighted by Gasteiger charge is -2.44. The number of carbonyl (C=O) groups is 1. The van der Waals surface area contributed by atoms with Gasteiger partial charge in [0.1, 0.15) is 0 Å². The number of aliphatic hydroxyl groups excluding tert-OH is 1. The van der Waals surface area contributed by atoms with Gasteiger partial charge in [0, 0.05) is 43.2 Å². The van der Waals surface area contributed by atoms with Crippen molar-refractivity contribution in [2.45, 2.75) is 18.5 Å². The number of anilines is 1. The van der Waals surface area contributed by atoms with Crippen LogP contribution in [0.15, 0.2) is 73.1 Å². The Balaban J connectivity index is 1.61. The lowest BCUT2D eigenvalue weighted by atomic mass is 9.81. The molecule has 5 nitrogen and oxygen atoms in total. The first-order chi connectivity index (χ1) is 14.7. The van der Waals surface area contributed by atoms with Crippen molar-refractivity contribution < 1.29 is 9.90 Å². The zero-order chi connectivity index (χ0) is 20.7. The maximum Gasteiger partial charge on any atom is 0.254 e. The maximum atomic E-state index is 13.4. The average Bonchev–Trinajstić information content (AvgIpc) is 3.25. The lowest BCUT2D eigenvalue weighted by Crippen LogP contribution is -2.48. The molecule has 1 amide bonds. The summed E-state index contributed by atoms with van der Waals surface area (Å²) in [6, 6.07) is 20.3. The van der Waals surface area contributed by atoms with Gasteiger partial charge in [-0.15, -0.1) is 0 Å². The zero-order valence-corrected chi connectivity index (χ0v) is 17.0. The largest absolute Gasteiger partial charge is 0.394 e. The van der Waals surface area contributed by atoms with Gasteiger partial charge in [0.2, 0.25) is 0 Å². The van der Waals surface area contributed by atoms with E-state index in [9.17, 15) is 9.90 Å². The Labute approximate surface area is 176 Å². The Morgan fingerprint density at radius 1 is 1.07 bits per heavy atom. The highest BCUT2D eigenvalue weighted by Gasteiger charge is 2.47. The Hall–Kier alpha value is -3.18. The molecule has 30 heavy (non-hydrogen) atoms. The Morgan fingerprint density at radius 3 is 2.57 bits per heavy atom. The molecule has 0 unspecified atom stereocenters. The van der Waals surface area contributed by atoms with Crippen LogP contribution in [0.25, 0.3) is 11.1 Å². The first kappa shape index (κ1) is 18.8. The molecule has 2 aromatic carbocycles. The summed E-state index contributed by atoms with van der Waals surface area (Å²) in [7, 11) is 2.05. The van der Waals surface area contributed by atoms with E-state index in [4.69, 9.17) is 0 Å². The number of aromatic nitrogens is 1. The number of nitrogens with zero attached hydrogens (tertiary/aromatic N) is 3. The molecular formula is C25H25N3O2. The van der Waals surface area contributed by atoms with Crippen LogP contribution in [-0.2, 0) is 0 Å². The van der Waals surface area contributed by atoms with Crippen LogP contribution in [0.5, 0.6) is 0 Å². The van der Waals surface area contributed by atoms with E-state index in [-0.39, 0.29) is 30.5 Å². The molecule has 0 radical (unpaired) electrons. The van der Waals surface area contributed by atoms with Crippen molar-refractivity contribution in [3.05, 3.63) is 84.2 Å². The van der Waals surface area contributed by atoms with Crippen molar-refractivity contribution in [3.8, 4) is 11.1 Å². The summed E-state index contributed by atoms with van der Waals surface area (Å²) in [5, 5.41) is 10.2. The van der Waals surface area contributed by atoms with E-state index in [1.165, 1.54) is 0 Å². The molecule has 3 heterocycles. The second-order valence-corrected chi connectivity index (χ2v) is 8.13. The predicted octanol–water partition coefficient (Wildman–Crippen LogP) is 3.76. The fraction of sp³-hybridized carbons (Fsp3) is 0.280. The smallest absolute Gasteiger partial charge is 0.254 e. The molecule has 1 saturated heterocycles. The normalized spacial score (nSPS) is 22.5. The number of rotatable bonds is 3. The highest BCUT2D eigenvalue weighted by molar-refractivity contribution is 5.95. The molecule has 1 aromatic heterocycles. The summed E-state index contributed by atoms with van der Waals surface area (Å²) in [6.07, 6.45) is 4.20. The topological polar surface area (TPSA) is 56.7 Å². The van der Waals surface area contributed by atoms with E-state index in [0.29, 0.717) is 12.1 Å². The Morgan fingerprint density at radius 2 is 1.83 bits per heavy atom. The maximum absolute atomic E-state index is 13.4. The van der Waals surface area contributed by atoms with Gasteiger partial charge >= 0.3 is 0 Å². The van der Waals surface area contributed by atoms with E-state index >= 15 is 0 Å². The van der Waals surface area contributed by atoms with Crippen molar-refractivity contribution in [2.75, 3.05) is 25.1 Å². The molecular weight excluding hydrogens is 374 g/mol. The number of amides is 1. The fourth-order valence-electron chi connectivity index (χ4n) is 5.15. The third-order valence-electron chi connectivity index (χ3n) is 6.64. The van der Waals surface area contributed by atoms with Gasteiger partial charge in [-0.3, -0.25) is 9.78 Å². The highest BCUT2D eigenvalue weighted by atomic mass is 16.3. The molecule has 0 bridgehead atoms. The second kappa shape index (κ2) is 7.58. The molecule has 3 aromatic rings. The summed E-state index contributed by atoms with van der Waals surface area (Å²) in [5.41, 5.74) is 5.21. The number of carbonyl (C=O) groups excluding carboxylic acids is 1. The van der Waals surface area contributed by atoms with Crippen LogP contribution in [0.2, 0.25) is 0 Å². The van der Waals surface area contributed by atoms with Crippen LogP contribution in [0.4, 0.5) is 5.69 Å². The first-order valence-electron chi connectivity index (χ1n) is 10.4. The van der Waals surface area contributed by atoms with Crippen molar-refractivity contribution in [3.63, 3.8) is 0 Å². The van der Waals surface area contributed by atoms with Crippen LogP contribution >= 0.6 is 0 Å². The van der Waals surface area contributed by atoms with Crippen LogP contribution in [0.3, 0.4) is 0 Å². The fourth-order valence-corrected chi connectivity index (χ4v) is 5.15.